The highest BCUT2D eigenvalue weighted by Gasteiger charge is 2.20. The van der Waals surface area contributed by atoms with Crippen molar-refractivity contribution in [3.05, 3.63) is 44.0 Å². The predicted molar refractivity (Wildman–Crippen MR) is 106 cm³/mol. The maximum atomic E-state index is 12.5. The number of hydrogen-bond acceptors (Lipinski definition) is 4. The Hall–Kier alpha value is -1.08. The molecular formula is C17H19BrClN3OS. The van der Waals surface area contributed by atoms with Gasteiger partial charge >= 0.3 is 0 Å². The van der Waals surface area contributed by atoms with Crippen molar-refractivity contribution in [2.45, 2.75) is 6.92 Å². The topological polar surface area (TPSA) is 35.6 Å². The van der Waals surface area contributed by atoms with Gasteiger partial charge in [-0.25, -0.2) is 0 Å². The molecule has 1 aromatic heterocycles. The van der Waals surface area contributed by atoms with Gasteiger partial charge in [0.25, 0.3) is 5.91 Å². The number of halogens is 2. The first-order valence-electron chi connectivity index (χ1n) is 7.90. The lowest BCUT2D eigenvalue weighted by atomic mass is 10.2. The Morgan fingerprint density at radius 3 is 2.62 bits per heavy atom. The zero-order valence-electron chi connectivity index (χ0n) is 13.4. The predicted octanol–water partition coefficient (Wildman–Crippen LogP) is 4.56. The number of nitrogens with zero attached hydrogens (tertiary/aromatic N) is 2. The molecule has 24 heavy (non-hydrogen) atoms. The number of carbonyl (C=O) groups is 1. The molecule has 3 rings (SSSR count). The number of piperazine rings is 1. The van der Waals surface area contributed by atoms with Gasteiger partial charge in [-0.1, -0.05) is 18.5 Å². The van der Waals surface area contributed by atoms with Crippen LogP contribution in [0.15, 0.2) is 34.1 Å². The summed E-state index contributed by atoms with van der Waals surface area (Å²) in [6.45, 7) is 7.22. The van der Waals surface area contributed by atoms with Gasteiger partial charge in [-0.3, -0.25) is 4.79 Å². The second-order valence-corrected chi connectivity index (χ2v) is 8.54. The Bertz CT molecular complexity index is 728. The normalized spacial score (nSPS) is 15.5. The van der Waals surface area contributed by atoms with Crippen LogP contribution in [-0.4, -0.2) is 43.5 Å². The van der Waals surface area contributed by atoms with Crippen LogP contribution in [-0.2, 0) is 0 Å². The molecule has 2 heterocycles. The Kier molecular flexibility index (Phi) is 5.81. The Balaban J connectivity index is 1.80. The van der Waals surface area contributed by atoms with Crippen LogP contribution < -0.4 is 10.2 Å². The van der Waals surface area contributed by atoms with E-state index < -0.39 is 0 Å². The van der Waals surface area contributed by atoms with Gasteiger partial charge in [0, 0.05) is 31.2 Å². The molecule has 1 amide bonds. The summed E-state index contributed by atoms with van der Waals surface area (Å²) in [5.74, 6) is -0.110. The second kappa shape index (κ2) is 7.87. The molecule has 2 aromatic rings. The maximum Gasteiger partial charge on any atom is 0.265 e. The number of amides is 1. The van der Waals surface area contributed by atoms with E-state index in [4.69, 9.17) is 11.6 Å². The fourth-order valence-electron chi connectivity index (χ4n) is 2.81. The number of benzene rings is 1. The van der Waals surface area contributed by atoms with Gasteiger partial charge in [-0.2, -0.15) is 0 Å². The molecule has 0 radical (unpaired) electrons. The Morgan fingerprint density at radius 2 is 2.00 bits per heavy atom. The fraction of sp³-hybridized carbons (Fsp3) is 0.353. The number of nitrogens with one attached hydrogen (secondary N) is 1. The summed E-state index contributed by atoms with van der Waals surface area (Å²) in [5.41, 5.74) is 1.79. The lowest BCUT2D eigenvalue weighted by Crippen LogP contribution is -2.46. The maximum absolute atomic E-state index is 12.5. The van der Waals surface area contributed by atoms with Gasteiger partial charge < -0.3 is 15.1 Å². The zero-order chi connectivity index (χ0) is 17.1. The number of carbonyl (C=O) groups excluding carboxylic acids is 1. The summed E-state index contributed by atoms with van der Waals surface area (Å²) < 4.78 is 0.939. The van der Waals surface area contributed by atoms with Crippen LogP contribution in [0.1, 0.15) is 16.6 Å². The molecule has 128 valence electrons. The van der Waals surface area contributed by atoms with Crippen molar-refractivity contribution in [2.24, 2.45) is 0 Å². The fourth-order valence-corrected chi connectivity index (χ4v) is 4.26. The molecule has 1 fully saturated rings. The van der Waals surface area contributed by atoms with Crippen LogP contribution in [0.5, 0.6) is 0 Å². The van der Waals surface area contributed by atoms with Gasteiger partial charge in [0.1, 0.15) is 0 Å². The standard InChI is InChI=1S/C17H19BrClN3OS/c1-2-21-7-9-22(10-8-21)14-4-3-12(19)11-13(14)20-17(23)15-5-6-16(18)24-15/h3-6,11H,2,7-10H2,1H3,(H,20,23). The van der Waals surface area contributed by atoms with Crippen LogP contribution in [0, 0.1) is 0 Å². The lowest BCUT2D eigenvalue weighted by Gasteiger charge is -2.36. The van der Waals surface area contributed by atoms with Crippen LogP contribution in [0.2, 0.25) is 5.02 Å². The zero-order valence-corrected chi connectivity index (χ0v) is 16.5. The van der Waals surface area contributed by atoms with Gasteiger partial charge in [0.05, 0.1) is 20.0 Å². The third-order valence-electron chi connectivity index (χ3n) is 4.16. The summed E-state index contributed by atoms with van der Waals surface area (Å²) in [7, 11) is 0. The number of hydrogen-bond donors (Lipinski definition) is 1. The number of anilines is 2. The molecule has 0 saturated carbocycles. The van der Waals surface area contributed by atoms with Gasteiger partial charge in [0.15, 0.2) is 0 Å². The number of rotatable bonds is 4. The van der Waals surface area contributed by atoms with Crippen LogP contribution in [0.3, 0.4) is 0 Å². The highest BCUT2D eigenvalue weighted by atomic mass is 79.9. The molecule has 0 spiro atoms. The molecule has 1 N–H and O–H groups in total. The summed E-state index contributed by atoms with van der Waals surface area (Å²) in [4.78, 5) is 17.9. The molecular weight excluding hydrogens is 410 g/mol. The van der Waals surface area contributed by atoms with Crippen molar-refractivity contribution >= 4 is 56.1 Å². The van der Waals surface area contributed by atoms with Crippen molar-refractivity contribution in [1.29, 1.82) is 0 Å². The molecule has 1 saturated heterocycles. The summed E-state index contributed by atoms with van der Waals surface area (Å²) in [6, 6.07) is 9.38. The molecule has 1 aromatic carbocycles. The van der Waals surface area contributed by atoms with E-state index in [1.54, 1.807) is 0 Å². The monoisotopic (exact) mass is 427 g/mol. The van der Waals surface area contributed by atoms with Crippen LogP contribution in [0.4, 0.5) is 11.4 Å². The Morgan fingerprint density at radius 1 is 1.25 bits per heavy atom. The molecule has 7 heteroatoms. The highest BCUT2D eigenvalue weighted by Crippen LogP contribution is 2.31. The van der Waals surface area contributed by atoms with Crippen molar-refractivity contribution in [1.82, 2.24) is 4.90 Å². The molecule has 1 aliphatic rings. The van der Waals surface area contributed by atoms with E-state index in [1.165, 1.54) is 11.3 Å². The van der Waals surface area contributed by atoms with E-state index in [0.717, 1.165) is 47.9 Å². The first-order valence-corrected chi connectivity index (χ1v) is 9.89. The van der Waals surface area contributed by atoms with Crippen molar-refractivity contribution in [3.63, 3.8) is 0 Å². The minimum Gasteiger partial charge on any atom is -0.367 e. The molecule has 4 nitrogen and oxygen atoms in total. The van der Waals surface area contributed by atoms with E-state index in [1.807, 2.05) is 30.3 Å². The Labute approximate surface area is 159 Å². The van der Waals surface area contributed by atoms with Crippen molar-refractivity contribution in [2.75, 3.05) is 42.9 Å². The average Bonchev–Trinajstić information content (AvgIpc) is 3.02. The number of likely N-dealkylation sites (N-methyl/N-ethyl adjacent to an activating group) is 1. The third-order valence-corrected chi connectivity index (χ3v) is 6.02. The van der Waals surface area contributed by atoms with Crippen molar-refractivity contribution in [3.8, 4) is 0 Å². The first kappa shape index (κ1) is 17.7. The summed E-state index contributed by atoms with van der Waals surface area (Å²) >= 11 is 11.0. The van der Waals surface area contributed by atoms with Gasteiger partial charge in [0.2, 0.25) is 0 Å². The quantitative estimate of drug-likeness (QED) is 0.775. The first-order chi connectivity index (χ1) is 11.6. The largest absolute Gasteiger partial charge is 0.367 e. The van der Waals surface area contributed by atoms with E-state index in [0.29, 0.717) is 9.90 Å². The van der Waals surface area contributed by atoms with Gasteiger partial charge in [-0.15, -0.1) is 11.3 Å². The minimum absolute atomic E-state index is 0.110. The van der Waals surface area contributed by atoms with E-state index in [9.17, 15) is 4.79 Å². The number of thiophene rings is 1. The van der Waals surface area contributed by atoms with Crippen LogP contribution >= 0.6 is 38.9 Å². The van der Waals surface area contributed by atoms with Gasteiger partial charge in [-0.05, 0) is 52.8 Å². The van der Waals surface area contributed by atoms with E-state index in [-0.39, 0.29) is 5.91 Å². The third kappa shape index (κ3) is 4.11. The smallest absolute Gasteiger partial charge is 0.265 e. The summed E-state index contributed by atoms with van der Waals surface area (Å²) in [6.07, 6.45) is 0. The molecule has 1 aliphatic heterocycles. The second-order valence-electron chi connectivity index (χ2n) is 5.64. The minimum atomic E-state index is -0.110. The molecule has 0 bridgehead atoms. The van der Waals surface area contributed by atoms with Crippen LogP contribution in [0.25, 0.3) is 0 Å². The molecule has 0 unspecified atom stereocenters. The summed E-state index contributed by atoms with van der Waals surface area (Å²) in [5, 5.41) is 3.63. The molecule has 0 aliphatic carbocycles. The van der Waals surface area contributed by atoms with E-state index in [2.05, 4.69) is 38.0 Å². The highest BCUT2D eigenvalue weighted by molar-refractivity contribution is 9.11. The van der Waals surface area contributed by atoms with E-state index >= 15 is 0 Å². The lowest BCUT2D eigenvalue weighted by molar-refractivity contribution is 0.103. The van der Waals surface area contributed by atoms with Crippen molar-refractivity contribution < 1.29 is 4.79 Å². The SMILES string of the molecule is CCN1CCN(c2ccc(Cl)cc2NC(=O)c2ccc(Br)s2)CC1. The molecule has 0 atom stereocenters. The average molecular weight is 429 g/mol.